The van der Waals surface area contributed by atoms with E-state index in [4.69, 9.17) is 19.9 Å². The zero-order chi connectivity index (χ0) is 6.78. The van der Waals surface area contributed by atoms with Crippen molar-refractivity contribution in [3.05, 3.63) is 10.1 Å². The molecule has 0 aromatic rings. The van der Waals surface area contributed by atoms with Crippen LogP contribution in [0.3, 0.4) is 0 Å². The molecule has 0 unspecified atom stereocenters. The maximum atomic E-state index is 9.47. The fraction of sp³-hybridized carbons (Fsp3) is 0. The minimum Gasteiger partial charge on any atom is -1.00 e. The van der Waals surface area contributed by atoms with E-state index in [0.29, 0.717) is 0 Å². The molecule has 0 spiro atoms. The van der Waals surface area contributed by atoms with Crippen molar-refractivity contribution in [1.82, 2.24) is 0 Å². The molecule has 0 heterocycles. The third kappa shape index (κ3) is 11.8. The molecule has 0 saturated carbocycles. The average molecular weight is 167 g/mol. The molecule has 0 aliphatic carbocycles. The zero-order valence-electron chi connectivity index (χ0n) is 5.42. The van der Waals surface area contributed by atoms with Gasteiger partial charge in [-0.05, 0) is 0 Å². The van der Waals surface area contributed by atoms with Crippen LogP contribution in [0.25, 0.3) is 0 Å². The van der Waals surface area contributed by atoms with Crippen molar-refractivity contribution >= 4 is 7.82 Å². The van der Waals surface area contributed by atoms with Crippen LogP contribution in [0, 0.1) is 10.1 Å². The summed E-state index contributed by atoms with van der Waals surface area (Å²) in [5, 5.41) is 7.55. The van der Waals surface area contributed by atoms with Gasteiger partial charge in [0.05, 0.1) is 0 Å². The van der Waals surface area contributed by atoms with Crippen LogP contribution in [0.4, 0.5) is 0 Å². The zero-order valence-corrected chi connectivity index (χ0v) is 7.32. The Bertz CT molecular complexity index is 141. The molecule has 0 aliphatic rings. The summed E-state index contributed by atoms with van der Waals surface area (Å²) >= 11 is 0. The number of nitrogens with zero attached hydrogens (tertiary/aromatic N) is 1. The van der Waals surface area contributed by atoms with Gasteiger partial charge in [-0.3, -0.25) is 0 Å². The van der Waals surface area contributed by atoms with E-state index in [2.05, 4.69) is 4.62 Å². The first-order valence-electron chi connectivity index (χ1n) is 1.31. The van der Waals surface area contributed by atoms with Gasteiger partial charge in [-0.25, -0.2) is 4.57 Å². The predicted molar refractivity (Wildman–Crippen MR) is 21.2 cm³/mol. The predicted octanol–water partition coefficient (Wildman–Crippen LogP) is -3.60. The Morgan fingerprint density at radius 3 is 2.00 bits per heavy atom. The fourth-order valence-corrected chi connectivity index (χ4v) is 0.261. The molecule has 0 aliphatic heterocycles. The Morgan fingerprint density at radius 1 is 1.67 bits per heavy atom. The van der Waals surface area contributed by atoms with Gasteiger partial charge in [0, 0.05) is 0 Å². The minimum atomic E-state index is -4.92. The van der Waals surface area contributed by atoms with Crippen LogP contribution in [0.5, 0.6) is 0 Å². The van der Waals surface area contributed by atoms with E-state index in [-0.39, 0.29) is 31.0 Å². The van der Waals surface area contributed by atoms with E-state index in [1.165, 1.54) is 0 Å². The Morgan fingerprint density at radius 2 is 2.00 bits per heavy atom. The second-order valence-electron chi connectivity index (χ2n) is 0.796. The van der Waals surface area contributed by atoms with Crippen LogP contribution < -0.4 is 29.6 Å². The van der Waals surface area contributed by atoms with Crippen molar-refractivity contribution in [2.45, 2.75) is 0 Å². The molecule has 2 N–H and O–H groups in total. The third-order valence-electron chi connectivity index (χ3n) is 0.173. The Labute approximate surface area is 73.1 Å². The second-order valence-corrected chi connectivity index (χ2v) is 1.94. The summed E-state index contributed by atoms with van der Waals surface area (Å²) in [5.74, 6) is 0. The van der Waals surface area contributed by atoms with Crippen molar-refractivity contribution in [1.29, 1.82) is 0 Å². The Balaban J connectivity index is -0.000000245. The molecule has 0 rings (SSSR count). The molecule has 50 valence electrons. The Hall–Kier alpha value is 0.350. The first-order chi connectivity index (χ1) is 3.42. The standard InChI is InChI=1S/H2NO6P.Na.H/c2-1(3)7-8(4,5)6;;/h(H2,4,5,6);;/q;+1;-1. The van der Waals surface area contributed by atoms with Crippen LogP contribution in [-0.2, 0) is 9.19 Å². The fourth-order valence-electron chi connectivity index (χ4n) is 0.0868. The van der Waals surface area contributed by atoms with Gasteiger partial charge < -0.3 is 11.2 Å². The molecule has 9 heavy (non-hydrogen) atoms. The van der Waals surface area contributed by atoms with E-state index in [0.717, 1.165) is 0 Å². The summed E-state index contributed by atoms with van der Waals surface area (Å²) in [6, 6.07) is 0. The van der Waals surface area contributed by atoms with Gasteiger partial charge in [0.1, 0.15) is 0 Å². The van der Waals surface area contributed by atoms with Crippen LogP contribution in [0.1, 0.15) is 1.43 Å². The smallest absolute Gasteiger partial charge is 1.00 e. The molecular weight excluding hydrogens is 164 g/mol. The maximum absolute atomic E-state index is 9.47. The molecule has 9 heteroatoms. The summed E-state index contributed by atoms with van der Waals surface area (Å²) in [7, 11) is -4.92. The Kier molecular flexibility index (Phi) is 5.65. The van der Waals surface area contributed by atoms with Crippen molar-refractivity contribution in [3.63, 3.8) is 0 Å². The van der Waals surface area contributed by atoms with Crippen LogP contribution in [0.2, 0.25) is 0 Å². The van der Waals surface area contributed by atoms with Crippen LogP contribution in [-0.4, -0.2) is 14.9 Å². The summed E-state index contributed by atoms with van der Waals surface area (Å²) in [6.07, 6.45) is 0. The number of rotatable bonds is 2. The van der Waals surface area contributed by atoms with Crippen molar-refractivity contribution < 1.29 is 55.0 Å². The van der Waals surface area contributed by atoms with E-state index < -0.39 is 12.9 Å². The van der Waals surface area contributed by atoms with Gasteiger partial charge in [0.2, 0.25) is 0 Å². The monoisotopic (exact) mass is 167 g/mol. The quantitative estimate of drug-likeness (QED) is 0.190. The molecule has 0 saturated heterocycles. The summed E-state index contributed by atoms with van der Waals surface area (Å²) in [6.45, 7) is 0. The van der Waals surface area contributed by atoms with E-state index in [1.807, 2.05) is 0 Å². The molecular formula is H3NNaO6P. The normalized spacial score (nSPS) is 9.56. The van der Waals surface area contributed by atoms with Crippen molar-refractivity contribution in [2.75, 3.05) is 0 Å². The third-order valence-corrected chi connectivity index (χ3v) is 0.519. The summed E-state index contributed by atoms with van der Waals surface area (Å²) in [5.41, 5.74) is 0. The van der Waals surface area contributed by atoms with Gasteiger partial charge in [0.15, 0.2) is 0 Å². The van der Waals surface area contributed by atoms with Crippen molar-refractivity contribution in [2.24, 2.45) is 0 Å². The van der Waals surface area contributed by atoms with E-state index >= 15 is 0 Å². The minimum absolute atomic E-state index is 0. The molecule has 0 atom stereocenters. The van der Waals surface area contributed by atoms with Crippen molar-refractivity contribution in [3.8, 4) is 0 Å². The molecule has 0 amide bonds. The molecule has 0 fully saturated rings. The average Bonchev–Trinajstić information content (AvgIpc) is 1.21. The topological polar surface area (TPSA) is 110 Å². The van der Waals surface area contributed by atoms with Crippen LogP contribution in [0.15, 0.2) is 0 Å². The van der Waals surface area contributed by atoms with Gasteiger partial charge in [-0.15, -0.1) is 10.1 Å². The SMILES string of the molecule is O=[N+]([O-])OP(=O)(O)O.[H-].[Na+]. The second kappa shape index (κ2) is 4.21. The maximum Gasteiger partial charge on any atom is 1.00 e. The molecule has 0 aromatic heterocycles. The van der Waals surface area contributed by atoms with Crippen LogP contribution >= 0.6 is 7.82 Å². The molecule has 0 aromatic carbocycles. The van der Waals surface area contributed by atoms with Gasteiger partial charge in [-0.1, -0.05) is 0 Å². The molecule has 0 radical (unpaired) electrons. The van der Waals surface area contributed by atoms with Gasteiger partial charge in [0.25, 0.3) is 0 Å². The molecule has 0 bridgehead atoms. The first-order valence-corrected chi connectivity index (χ1v) is 2.84. The van der Waals surface area contributed by atoms with E-state index in [1.54, 1.807) is 0 Å². The number of phosphoric acid groups is 1. The summed E-state index contributed by atoms with van der Waals surface area (Å²) < 4.78 is 12.3. The van der Waals surface area contributed by atoms with E-state index in [9.17, 15) is 4.57 Å². The largest absolute Gasteiger partial charge is 1.00 e. The van der Waals surface area contributed by atoms with Gasteiger partial charge in [-0.2, -0.15) is 4.62 Å². The summed E-state index contributed by atoms with van der Waals surface area (Å²) in [4.78, 5) is 24.4. The number of hydrogen-bond acceptors (Lipinski definition) is 4. The first kappa shape index (κ1) is 12.1. The number of hydrogen-bond donors (Lipinski definition) is 2. The van der Waals surface area contributed by atoms with Gasteiger partial charge >= 0.3 is 42.5 Å². The molecule has 7 nitrogen and oxygen atoms in total.